The van der Waals surface area contributed by atoms with Crippen molar-refractivity contribution in [1.82, 2.24) is 0 Å². The Hall–Kier alpha value is -4.07. The lowest BCUT2D eigenvalue weighted by Crippen LogP contribution is -2.22. The fourth-order valence-electron chi connectivity index (χ4n) is 2.99. The van der Waals surface area contributed by atoms with E-state index in [9.17, 15) is 14.0 Å². The smallest absolute Gasteiger partial charge is 0.243 e. The first-order valence-corrected chi connectivity index (χ1v) is 9.87. The van der Waals surface area contributed by atoms with Crippen LogP contribution in [0.15, 0.2) is 66.7 Å². The monoisotopic (exact) mass is 437 g/mol. The summed E-state index contributed by atoms with van der Waals surface area (Å²) in [7, 11) is 3.03. The van der Waals surface area contributed by atoms with Crippen LogP contribution in [-0.2, 0) is 16.0 Å². The third-order valence-corrected chi connectivity index (χ3v) is 4.58. The van der Waals surface area contributed by atoms with Gasteiger partial charge in [-0.3, -0.25) is 9.59 Å². The van der Waals surface area contributed by atoms with Crippen LogP contribution in [0.4, 0.5) is 21.5 Å². The first-order valence-electron chi connectivity index (χ1n) is 9.87. The second-order valence-corrected chi connectivity index (χ2v) is 6.87. The van der Waals surface area contributed by atoms with E-state index in [4.69, 9.17) is 9.47 Å². The Morgan fingerprint density at radius 1 is 0.844 bits per heavy atom. The molecule has 0 heterocycles. The van der Waals surface area contributed by atoms with E-state index in [1.807, 2.05) is 30.3 Å². The van der Waals surface area contributed by atoms with Crippen molar-refractivity contribution in [3.63, 3.8) is 0 Å². The van der Waals surface area contributed by atoms with Gasteiger partial charge in [-0.15, -0.1) is 0 Å². The molecule has 3 rings (SSSR count). The van der Waals surface area contributed by atoms with Crippen molar-refractivity contribution in [2.45, 2.75) is 6.42 Å². The normalized spacial score (nSPS) is 10.2. The lowest BCUT2D eigenvalue weighted by molar-refractivity contribution is -0.116. The number of hydrogen-bond donors (Lipinski definition) is 3. The van der Waals surface area contributed by atoms with Crippen LogP contribution in [0, 0.1) is 5.82 Å². The lowest BCUT2D eigenvalue weighted by Gasteiger charge is -2.13. The number of halogens is 1. The van der Waals surface area contributed by atoms with Crippen LogP contribution < -0.4 is 25.4 Å². The number of amides is 2. The van der Waals surface area contributed by atoms with Gasteiger partial charge in [-0.05, 0) is 35.9 Å². The molecule has 0 saturated carbocycles. The third-order valence-electron chi connectivity index (χ3n) is 4.58. The maximum absolute atomic E-state index is 14.2. The van der Waals surface area contributed by atoms with Crippen molar-refractivity contribution >= 4 is 28.9 Å². The van der Waals surface area contributed by atoms with E-state index in [1.54, 1.807) is 18.2 Å². The molecule has 7 nitrogen and oxygen atoms in total. The van der Waals surface area contributed by atoms with Crippen LogP contribution in [-0.4, -0.2) is 32.6 Å². The maximum Gasteiger partial charge on any atom is 0.243 e. The zero-order chi connectivity index (χ0) is 22.9. The first kappa shape index (κ1) is 22.6. The highest BCUT2D eigenvalue weighted by molar-refractivity contribution is 5.96. The van der Waals surface area contributed by atoms with Gasteiger partial charge in [0.05, 0.1) is 38.6 Å². The van der Waals surface area contributed by atoms with Crippen LogP contribution >= 0.6 is 0 Å². The molecule has 3 N–H and O–H groups in total. The number of rotatable bonds is 9. The molecule has 2 amide bonds. The Labute approximate surface area is 185 Å². The Balaban J connectivity index is 1.58. The quantitative estimate of drug-likeness (QED) is 0.470. The molecule has 0 spiro atoms. The molecule has 32 heavy (non-hydrogen) atoms. The minimum absolute atomic E-state index is 0.0353. The van der Waals surface area contributed by atoms with Gasteiger partial charge < -0.3 is 25.4 Å². The average molecular weight is 437 g/mol. The summed E-state index contributed by atoms with van der Waals surface area (Å²) in [5.41, 5.74) is 1.84. The van der Waals surface area contributed by atoms with E-state index in [0.717, 1.165) is 5.56 Å². The fourth-order valence-corrected chi connectivity index (χ4v) is 2.99. The molecule has 0 radical (unpaired) electrons. The predicted molar refractivity (Wildman–Crippen MR) is 122 cm³/mol. The van der Waals surface area contributed by atoms with Crippen molar-refractivity contribution < 1.29 is 23.5 Å². The molecule has 0 unspecified atom stereocenters. The average Bonchev–Trinajstić information content (AvgIpc) is 2.80. The van der Waals surface area contributed by atoms with Crippen molar-refractivity contribution in [2.75, 3.05) is 36.7 Å². The SMILES string of the molecule is COc1ccc(NC(=O)CNc2ccc(F)c(NC(=O)Cc3ccccc3)c2)c(OC)c1. The van der Waals surface area contributed by atoms with E-state index in [1.165, 1.54) is 32.4 Å². The number of carbonyl (C=O) groups excluding carboxylic acids is 2. The van der Waals surface area contributed by atoms with Crippen molar-refractivity contribution in [3.05, 3.63) is 78.1 Å². The van der Waals surface area contributed by atoms with Gasteiger partial charge in [0.1, 0.15) is 17.3 Å². The van der Waals surface area contributed by atoms with Gasteiger partial charge in [-0.2, -0.15) is 0 Å². The van der Waals surface area contributed by atoms with Crippen molar-refractivity contribution in [3.8, 4) is 11.5 Å². The molecule has 0 atom stereocenters. The minimum atomic E-state index is -0.565. The molecule has 166 valence electrons. The number of benzene rings is 3. The molecule has 3 aromatic carbocycles. The number of anilines is 3. The van der Waals surface area contributed by atoms with E-state index >= 15 is 0 Å². The van der Waals surface area contributed by atoms with E-state index < -0.39 is 5.82 Å². The minimum Gasteiger partial charge on any atom is -0.497 e. The van der Waals surface area contributed by atoms with Crippen LogP contribution in [0.5, 0.6) is 11.5 Å². The molecule has 0 aliphatic heterocycles. The number of methoxy groups -OCH3 is 2. The van der Waals surface area contributed by atoms with Gasteiger partial charge in [0.2, 0.25) is 11.8 Å². The Bertz CT molecular complexity index is 1090. The van der Waals surface area contributed by atoms with Gasteiger partial charge in [-0.25, -0.2) is 4.39 Å². The molecular weight excluding hydrogens is 413 g/mol. The third kappa shape index (κ3) is 6.21. The second-order valence-electron chi connectivity index (χ2n) is 6.87. The maximum atomic E-state index is 14.2. The lowest BCUT2D eigenvalue weighted by atomic mass is 10.1. The van der Waals surface area contributed by atoms with Crippen LogP contribution in [0.3, 0.4) is 0 Å². The molecule has 0 fully saturated rings. The van der Waals surface area contributed by atoms with Gasteiger partial charge >= 0.3 is 0 Å². The van der Waals surface area contributed by atoms with Gasteiger partial charge in [0.25, 0.3) is 0 Å². The second kappa shape index (κ2) is 10.8. The molecular formula is C24H24FN3O4. The molecule has 0 bridgehead atoms. The van der Waals surface area contributed by atoms with Crippen molar-refractivity contribution in [2.24, 2.45) is 0 Å². The Morgan fingerprint density at radius 2 is 1.59 bits per heavy atom. The largest absolute Gasteiger partial charge is 0.497 e. The predicted octanol–water partition coefficient (Wildman–Crippen LogP) is 4.07. The zero-order valence-corrected chi connectivity index (χ0v) is 17.8. The van der Waals surface area contributed by atoms with E-state index in [2.05, 4.69) is 16.0 Å². The van der Waals surface area contributed by atoms with Gasteiger partial charge in [0, 0.05) is 11.8 Å². The van der Waals surface area contributed by atoms with E-state index in [-0.39, 0.29) is 30.5 Å². The number of nitrogens with one attached hydrogen (secondary N) is 3. The molecule has 0 aromatic heterocycles. The Kier molecular flexibility index (Phi) is 7.64. The van der Waals surface area contributed by atoms with Gasteiger partial charge in [-0.1, -0.05) is 30.3 Å². The summed E-state index contributed by atoms with van der Waals surface area (Å²) in [4.78, 5) is 24.6. The van der Waals surface area contributed by atoms with Gasteiger partial charge in [0.15, 0.2) is 0 Å². The summed E-state index contributed by atoms with van der Waals surface area (Å²) in [5.74, 6) is -0.164. The van der Waals surface area contributed by atoms with Crippen LogP contribution in [0.25, 0.3) is 0 Å². The standard InChI is InChI=1S/C24H24FN3O4/c1-31-18-9-11-20(22(14-18)32-2)27-24(30)15-26-17-8-10-19(25)21(13-17)28-23(29)12-16-6-4-3-5-7-16/h3-11,13-14,26H,12,15H2,1-2H3,(H,27,30)(H,28,29). The van der Waals surface area contributed by atoms with E-state index in [0.29, 0.717) is 22.9 Å². The van der Waals surface area contributed by atoms with Crippen molar-refractivity contribution in [1.29, 1.82) is 0 Å². The Morgan fingerprint density at radius 3 is 2.31 bits per heavy atom. The number of ether oxygens (including phenoxy) is 2. The highest BCUT2D eigenvalue weighted by atomic mass is 19.1. The molecule has 0 aliphatic rings. The molecule has 0 saturated heterocycles. The summed E-state index contributed by atoms with van der Waals surface area (Å²) in [6.07, 6.45) is 0.129. The summed E-state index contributed by atoms with van der Waals surface area (Å²) in [5, 5.41) is 8.23. The summed E-state index contributed by atoms with van der Waals surface area (Å²) < 4.78 is 24.6. The number of hydrogen-bond acceptors (Lipinski definition) is 5. The highest BCUT2D eigenvalue weighted by Crippen LogP contribution is 2.29. The topological polar surface area (TPSA) is 88.7 Å². The fraction of sp³-hybridized carbons (Fsp3) is 0.167. The summed E-state index contributed by atoms with van der Waals surface area (Å²) >= 11 is 0. The molecule has 8 heteroatoms. The highest BCUT2D eigenvalue weighted by Gasteiger charge is 2.11. The summed E-state index contributed by atoms with van der Waals surface area (Å²) in [6.45, 7) is -0.0712. The van der Waals surface area contributed by atoms with Crippen LogP contribution in [0.1, 0.15) is 5.56 Å². The molecule has 0 aliphatic carbocycles. The van der Waals surface area contributed by atoms with Crippen LogP contribution in [0.2, 0.25) is 0 Å². The zero-order valence-electron chi connectivity index (χ0n) is 17.8. The number of carbonyl (C=O) groups is 2. The first-order chi connectivity index (χ1) is 15.5. The molecule has 3 aromatic rings. The summed E-state index contributed by atoms with van der Waals surface area (Å²) in [6, 6.07) is 18.4.